The van der Waals surface area contributed by atoms with Crippen LogP contribution in [0.3, 0.4) is 0 Å². The summed E-state index contributed by atoms with van der Waals surface area (Å²) in [7, 11) is 0. The van der Waals surface area contributed by atoms with Crippen molar-refractivity contribution in [2.45, 2.75) is 32.4 Å². The van der Waals surface area contributed by atoms with Crippen LogP contribution in [0.2, 0.25) is 0 Å². The third kappa shape index (κ3) is 6.60. The largest absolute Gasteiger partial charge is 0.456 e. The average molecular weight is 416 g/mol. The first-order valence-corrected chi connectivity index (χ1v) is 10.5. The summed E-state index contributed by atoms with van der Waals surface area (Å²) in [6, 6.07) is 12.2. The van der Waals surface area contributed by atoms with Gasteiger partial charge in [-0.1, -0.05) is 29.8 Å². The van der Waals surface area contributed by atoms with Crippen molar-refractivity contribution in [3.8, 4) is 0 Å². The molecule has 0 radical (unpaired) electrons. The Morgan fingerprint density at radius 1 is 1.21 bits per heavy atom. The number of esters is 1. The SMILES string of the molecule is CSCC[C@@H](NC(=O)c1cccc(C)c1)C(=O)O[C@@H](C)c1cccc([N+](=O)[O-])c1. The fourth-order valence-electron chi connectivity index (χ4n) is 2.73. The van der Waals surface area contributed by atoms with E-state index in [2.05, 4.69) is 5.32 Å². The number of nitrogens with one attached hydrogen (secondary N) is 1. The fourth-order valence-corrected chi connectivity index (χ4v) is 3.20. The monoisotopic (exact) mass is 416 g/mol. The van der Waals surface area contributed by atoms with Gasteiger partial charge in [0.15, 0.2) is 0 Å². The number of hydrogen-bond donors (Lipinski definition) is 1. The Hall–Kier alpha value is -2.87. The Balaban J connectivity index is 2.10. The Labute approximate surface area is 174 Å². The van der Waals surface area contributed by atoms with Gasteiger partial charge in [-0.05, 0) is 50.0 Å². The van der Waals surface area contributed by atoms with Crippen LogP contribution in [0.25, 0.3) is 0 Å². The van der Waals surface area contributed by atoms with Gasteiger partial charge in [0.1, 0.15) is 12.1 Å². The van der Waals surface area contributed by atoms with Crippen molar-refractivity contribution < 1.29 is 19.2 Å². The molecule has 2 rings (SSSR count). The van der Waals surface area contributed by atoms with Gasteiger partial charge < -0.3 is 10.1 Å². The molecule has 0 spiro atoms. The smallest absolute Gasteiger partial charge is 0.329 e. The maximum Gasteiger partial charge on any atom is 0.329 e. The number of ether oxygens (including phenoxy) is 1. The van der Waals surface area contributed by atoms with E-state index in [0.29, 0.717) is 23.3 Å². The van der Waals surface area contributed by atoms with Crippen LogP contribution in [0, 0.1) is 17.0 Å². The minimum atomic E-state index is -0.809. The molecule has 0 unspecified atom stereocenters. The van der Waals surface area contributed by atoms with Crippen LogP contribution in [-0.2, 0) is 9.53 Å². The number of amides is 1. The van der Waals surface area contributed by atoms with Gasteiger partial charge in [-0.25, -0.2) is 4.79 Å². The topological polar surface area (TPSA) is 98.5 Å². The van der Waals surface area contributed by atoms with E-state index in [1.807, 2.05) is 19.2 Å². The maximum atomic E-state index is 12.7. The lowest BCUT2D eigenvalue weighted by atomic mass is 10.1. The van der Waals surface area contributed by atoms with Crippen molar-refractivity contribution in [3.05, 3.63) is 75.3 Å². The van der Waals surface area contributed by atoms with Crippen LogP contribution in [0.1, 0.15) is 40.9 Å². The van der Waals surface area contributed by atoms with E-state index >= 15 is 0 Å². The second-order valence-electron chi connectivity index (χ2n) is 6.61. The van der Waals surface area contributed by atoms with Crippen LogP contribution in [-0.4, -0.2) is 34.9 Å². The molecule has 0 saturated carbocycles. The van der Waals surface area contributed by atoms with Crippen molar-refractivity contribution >= 4 is 29.3 Å². The molecule has 154 valence electrons. The molecule has 0 bridgehead atoms. The lowest BCUT2D eigenvalue weighted by molar-refractivity contribution is -0.385. The molecule has 0 heterocycles. The number of aryl methyl sites for hydroxylation is 1. The second kappa shape index (κ2) is 10.6. The fraction of sp³-hybridized carbons (Fsp3) is 0.333. The molecule has 0 aromatic heterocycles. The zero-order valence-corrected chi connectivity index (χ0v) is 17.4. The van der Waals surface area contributed by atoms with Crippen molar-refractivity contribution in [3.63, 3.8) is 0 Å². The van der Waals surface area contributed by atoms with Gasteiger partial charge in [0, 0.05) is 17.7 Å². The maximum absolute atomic E-state index is 12.7. The first-order valence-electron chi connectivity index (χ1n) is 9.13. The summed E-state index contributed by atoms with van der Waals surface area (Å²) >= 11 is 1.56. The Kier molecular flexibility index (Phi) is 8.21. The molecule has 8 heteroatoms. The van der Waals surface area contributed by atoms with Gasteiger partial charge in [0.2, 0.25) is 0 Å². The summed E-state index contributed by atoms with van der Waals surface area (Å²) < 4.78 is 5.51. The summed E-state index contributed by atoms with van der Waals surface area (Å²) in [6.45, 7) is 3.53. The number of carbonyl (C=O) groups excluding carboxylic acids is 2. The highest BCUT2D eigenvalue weighted by molar-refractivity contribution is 7.98. The standard InChI is InChI=1S/C21H24N2O5S/c1-14-6-4-8-17(12-14)20(24)22-19(10-11-29-3)21(25)28-15(2)16-7-5-9-18(13-16)23(26)27/h4-9,12-13,15,19H,10-11H2,1-3H3,(H,22,24)/t15-,19+/m0/s1. The van der Waals surface area contributed by atoms with Gasteiger partial charge in [-0.3, -0.25) is 14.9 Å². The molecule has 7 nitrogen and oxygen atoms in total. The highest BCUT2D eigenvalue weighted by Crippen LogP contribution is 2.22. The number of rotatable bonds is 9. The number of carbonyl (C=O) groups is 2. The number of nitrogens with zero attached hydrogens (tertiary/aromatic N) is 1. The quantitative estimate of drug-likeness (QED) is 0.376. The van der Waals surface area contributed by atoms with E-state index in [1.165, 1.54) is 12.1 Å². The molecule has 2 aromatic carbocycles. The number of hydrogen-bond acceptors (Lipinski definition) is 6. The van der Waals surface area contributed by atoms with E-state index in [-0.39, 0.29) is 11.6 Å². The van der Waals surface area contributed by atoms with Gasteiger partial charge in [-0.2, -0.15) is 11.8 Å². The van der Waals surface area contributed by atoms with E-state index < -0.39 is 23.0 Å². The van der Waals surface area contributed by atoms with Gasteiger partial charge >= 0.3 is 5.97 Å². The molecule has 1 amide bonds. The average Bonchev–Trinajstić information content (AvgIpc) is 2.70. The normalized spacial score (nSPS) is 12.7. The minimum absolute atomic E-state index is 0.0721. The van der Waals surface area contributed by atoms with Crippen LogP contribution < -0.4 is 5.32 Å². The molecule has 0 aliphatic carbocycles. The second-order valence-corrected chi connectivity index (χ2v) is 7.59. The molecule has 0 aliphatic heterocycles. The summed E-state index contributed by atoms with van der Waals surface area (Å²) in [6.07, 6.45) is 1.64. The van der Waals surface area contributed by atoms with Crippen molar-refractivity contribution in [2.24, 2.45) is 0 Å². The number of non-ortho nitro benzene ring substituents is 1. The molecule has 0 fully saturated rings. The van der Waals surface area contributed by atoms with E-state index in [4.69, 9.17) is 4.74 Å². The van der Waals surface area contributed by atoms with Crippen molar-refractivity contribution in [1.82, 2.24) is 5.32 Å². The van der Waals surface area contributed by atoms with Crippen molar-refractivity contribution in [1.29, 1.82) is 0 Å². The van der Waals surface area contributed by atoms with Gasteiger partial charge in [0.25, 0.3) is 11.6 Å². The molecule has 2 atom stereocenters. The highest BCUT2D eigenvalue weighted by atomic mass is 32.2. The zero-order valence-electron chi connectivity index (χ0n) is 16.6. The number of thioether (sulfide) groups is 1. The van der Waals surface area contributed by atoms with E-state index in [1.54, 1.807) is 49.0 Å². The lowest BCUT2D eigenvalue weighted by Gasteiger charge is -2.21. The number of nitro benzene ring substituents is 1. The van der Waals surface area contributed by atoms with Crippen LogP contribution in [0.15, 0.2) is 48.5 Å². The summed E-state index contributed by atoms with van der Waals surface area (Å²) in [5.41, 5.74) is 1.86. The molecule has 0 aliphatic rings. The number of nitro groups is 1. The minimum Gasteiger partial charge on any atom is -0.456 e. The predicted octanol–water partition coefficient (Wildman–Crippen LogP) is 4.06. The van der Waals surface area contributed by atoms with E-state index in [9.17, 15) is 19.7 Å². The Morgan fingerprint density at radius 3 is 2.59 bits per heavy atom. The number of benzene rings is 2. The predicted molar refractivity (Wildman–Crippen MR) is 113 cm³/mol. The summed E-state index contributed by atoms with van der Waals surface area (Å²) in [5.74, 6) is -0.252. The molecule has 0 saturated heterocycles. The molecule has 1 N–H and O–H groups in total. The molecular formula is C21H24N2O5S. The van der Waals surface area contributed by atoms with Crippen LogP contribution in [0.5, 0.6) is 0 Å². The third-order valence-electron chi connectivity index (χ3n) is 4.32. The first-order chi connectivity index (χ1) is 13.8. The van der Waals surface area contributed by atoms with Gasteiger partial charge in [0.05, 0.1) is 4.92 Å². The summed E-state index contributed by atoms with van der Waals surface area (Å²) in [4.78, 5) is 35.7. The third-order valence-corrected chi connectivity index (χ3v) is 4.97. The van der Waals surface area contributed by atoms with Gasteiger partial charge in [-0.15, -0.1) is 0 Å². The Morgan fingerprint density at radius 2 is 1.93 bits per heavy atom. The first kappa shape index (κ1) is 22.4. The summed E-state index contributed by atoms with van der Waals surface area (Å²) in [5, 5.41) is 13.7. The molecule has 29 heavy (non-hydrogen) atoms. The molecule has 2 aromatic rings. The molecular weight excluding hydrogens is 392 g/mol. The Bertz CT molecular complexity index is 887. The highest BCUT2D eigenvalue weighted by Gasteiger charge is 2.25. The van der Waals surface area contributed by atoms with Crippen LogP contribution >= 0.6 is 11.8 Å². The van der Waals surface area contributed by atoms with Crippen LogP contribution in [0.4, 0.5) is 5.69 Å². The van der Waals surface area contributed by atoms with E-state index in [0.717, 1.165) is 5.56 Å². The lowest BCUT2D eigenvalue weighted by Crippen LogP contribution is -2.42. The van der Waals surface area contributed by atoms with Crippen molar-refractivity contribution in [2.75, 3.05) is 12.0 Å². The zero-order chi connectivity index (χ0) is 21.4.